The molecule has 0 spiro atoms. The molecule has 1 N–H and O–H groups in total. The van der Waals surface area contributed by atoms with Crippen LogP contribution in [-0.4, -0.2) is 48.1 Å². The summed E-state index contributed by atoms with van der Waals surface area (Å²) in [6.45, 7) is 1.65. The molecular weight excluding hydrogens is 290 g/mol. The molecule has 0 bridgehead atoms. The largest absolute Gasteiger partial charge is 0.318 e. The molecule has 2 aromatic rings. The van der Waals surface area contributed by atoms with Crippen molar-refractivity contribution in [2.24, 2.45) is 0 Å². The van der Waals surface area contributed by atoms with E-state index in [2.05, 4.69) is 15.4 Å². The average molecular weight is 309 g/mol. The van der Waals surface area contributed by atoms with E-state index in [9.17, 15) is 8.42 Å². The zero-order chi connectivity index (χ0) is 15.3. The number of nitrogens with one attached hydrogen (secondary N) is 1. The Morgan fingerprint density at radius 2 is 2.05 bits per heavy atom. The van der Waals surface area contributed by atoms with Crippen LogP contribution in [-0.2, 0) is 23.1 Å². The molecule has 0 saturated heterocycles. The number of nitrogens with zero attached hydrogens (tertiary/aromatic N) is 4. The zero-order valence-corrected chi connectivity index (χ0v) is 12.9. The normalized spacial score (nSPS) is 12.0. The van der Waals surface area contributed by atoms with Crippen LogP contribution in [0.15, 0.2) is 41.8 Å². The number of likely N-dealkylation sites (N-methyl/N-ethyl adjacent to an activating group) is 1. The van der Waals surface area contributed by atoms with Gasteiger partial charge < -0.3 is 5.32 Å². The summed E-state index contributed by atoms with van der Waals surface area (Å²) < 4.78 is 27.9. The first-order valence-corrected chi connectivity index (χ1v) is 8.00. The summed E-state index contributed by atoms with van der Waals surface area (Å²) in [7, 11) is -0.139. The predicted octanol–water partition coefficient (Wildman–Crippen LogP) is 0.318. The summed E-state index contributed by atoms with van der Waals surface area (Å²) in [6, 6.07) is 3.59. The minimum absolute atomic E-state index is 0.204. The van der Waals surface area contributed by atoms with E-state index in [1.165, 1.54) is 10.5 Å². The van der Waals surface area contributed by atoms with E-state index in [-0.39, 0.29) is 4.90 Å². The Balaban J connectivity index is 2.11. The molecule has 0 unspecified atom stereocenters. The second kappa shape index (κ2) is 6.79. The smallest absolute Gasteiger partial charge is 0.246 e. The highest BCUT2D eigenvalue weighted by molar-refractivity contribution is 7.89. The van der Waals surface area contributed by atoms with Crippen LogP contribution in [0.4, 0.5) is 0 Å². The van der Waals surface area contributed by atoms with Gasteiger partial charge in [-0.25, -0.2) is 8.42 Å². The molecule has 0 fully saturated rings. The van der Waals surface area contributed by atoms with Gasteiger partial charge in [-0.1, -0.05) is 0 Å². The lowest BCUT2D eigenvalue weighted by Crippen LogP contribution is -2.26. The molecule has 0 aliphatic rings. The van der Waals surface area contributed by atoms with E-state index >= 15 is 0 Å². The molecule has 2 rings (SSSR count). The van der Waals surface area contributed by atoms with E-state index in [1.54, 1.807) is 42.5 Å². The van der Waals surface area contributed by atoms with Crippen LogP contribution in [0, 0.1) is 0 Å². The molecule has 21 heavy (non-hydrogen) atoms. The standard InChI is InChI=1S/C13H19N5O2S/c1-14-7-8-18-11-13(9-16-18)21(19,20)17(2)10-12-3-5-15-6-4-12/h3-6,9,11,14H,7-8,10H2,1-2H3. The van der Waals surface area contributed by atoms with E-state index in [0.717, 1.165) is 12.1 Å². The van der Waals surface area contributed by atoms with E-state index < -0.39 is 10.0 Å². The number of pyridine rings is 1. The van der Waals surface area contributed by atoms with Gasteiger partial charge in [-0.2, -0.15) is 9.40 Å². The summed E-state index contributed by atoms with van der Waals surface area (Å²) in [5.41, 5.74) is 0.888. The van der Waals surface area contributed by atoms with E-state index in [1.807, 2.05) is 7.05 Å². The molecule has 2 heterocycles. The minimum atomic E-state index is -3.53. The third-order valence-corrected chi connectivity index (χ3v) is 4.82. The van der Waals surface area contributed by atoms with E-state index in [4.69, 9.17) is 0 Å². The molecule has 114 valence electrons. The third-order valence-electron chi connectivity index (χ3n) is 3.06. The van der Waals surface area contributed by atoms with Gasteiger partial charge in [-0.05, 0) is 24.7 Å². The quantitative estimate of drug-likeness (QED) is 0.796. The lowest BCUT2D eigenvalue weighted by atomic mass is 10.3. The molecule has 2 aromatic heterocycles. The summed E-state index contributed by atoms with van der Waals surface area (Å²) in [5, 5.41) is 7.06. The van der Waals surface area contributed by atoms with Crippen LogP contribution in [0.2, 0.25) is 0 Å². The Morgan fingerprint density at radius 1 is 1.33 bits per heavy atom. The van der Waals surface area contributed by atoms with Crippen molar-refractivity contribution in [3.05, 3.63) is 42.5 Å². The number of rotatable bonds is 7. The van der Waals surface area contributed by atoms with Crippen LogP contribution in [0.1, 0.15) is 5.56 Å². The summed E-state index contributed by atoms with van der Waals surface area (Å²) >= 11 is 0. The Morgan fingerprint density at radius 3 is 2.71 bits per heavy atom. The van der Waals surface area contributed by atoms with Gasteiger partial charge in [0.15, 0.2) is 0 Å². The lowest BCUT2D eigenvalue weighted by molar-refractivity contribution is 0.466. The number of hydrogen-bond acceptors (Lipinski definition) is 5. The van der Waals surface area contributed by atoms with Crippen molar-refractivity contribution in [1.29, 1.82) is 0 Å². The SMILES string of the molecule is CNCCn1cc(S(=O)(=O)N(C)Cc2ccncc2)cn1. The second-order valence-corrected chi connectivity index (χ2v) is 6.70. The van der Waals surface area contributed by atoms with E-state index in [0.29, 0.717) is 13.1 Å². The number of sulfonamides is 1. The third kappa shape index (κ3) is 3.87. The predicted molar refractivity (Wildman–Crippen MR) is 79.0 cm³/mol. The van der Waals surface area contributed by atoms with Crippen molar-refractivity contribution >= 4 is 10.0 Å². The van der Waals surface area contributed by atoms with Crippen molar-refractivity contribution in [3.8, 4) is 0 Å². The highest BCUT2D eigenvalue weighted by Gasteiger charge is 2.22. The molecule has 0 radical (unpaired) electrons. The second-order valence-electron chi connectivity index (χ2n) is 4.66. The summed E-state index contributed by atoms with van der Waals surface area (Å²) in [4.78, 5) is 4.12. The first-order chi connectivity index (χ1) is 10.0. The first-order valence-electron chi connectivity index (χ1n) is 6.56. The molecule has 8 heteroatoms. The van der Waals surface area contributed by atoms with Gasteiger partial charge in [0.25, 0.3) is 0 Å². The Kier molecular flexibility index (Phi) is 5.05. The molecule has 0 aromatic carbocycles. The van der Waals surface area contributed by atoms with Crippen molar-refractivity contribution in [2.45, 2.75) is 18.0 Å². The lowest BCUT2D eigenvalue weighted by Gasteiger charge is -2.15. The molecule has 0 aliphatic carbocycles. The average Bonchev–Trinajstić information content (AvgIpc) is 2.95. The minimum Gasteiger partial charge on any atom is -0.318 e. The van der Waals surface area contributed by atoms with Crippen LogP contribution in [0.25, 0.3) is 0 Å². The van der Waals surface area contributed by atoms with Gasteiger partial charge in [0.2, 0.25) is 10.0 Å². The van der Waals surface area contributed by atoms with Gasteiger partial charge >= 0.3 is 0 Å². The van der Waals surface area contributed by atoms with Gasteiger partial charge in [0.1, 0.15) is 4.90 Å². The van der Waals surface area contributed by atoms with Crippen LogP contribution in [0.5, 0.6) is 0 Å². The van der Waals surface area contributed by atoms with Crippen molar-refractivity contribution in [3.63, 3.8) is 0 Å². The Hall–Kier alpha value is -1.77. The molecule has 0 amide bonds. The molecule has 0 saturated carbocycles. The Labute approximate surface area is 124 Å². The summed E-state index contributed by atoms with van der Waals surface area (Å²) in [5.74, 6) is 0. The maximum atomic E-state index is 12.5. The fourth-order valence-electron chi connectivity index (χ4n) is 1.84. The van der Waals surface area contributed by atoms with Crippen LogP contribution < -0.4 is 5.32 Å². The van der Waals surface area contributed by atoms with Crippen molar-refractivity contribution in [1.82, 2.24) is 24.4 Å². The molecule has 0 aliphatic heterocycles. The topological polar surface area (TPSA) is 80.1 Å². The van der Waals surface area contributed by atoms with Gasteiger partial charge in [0.05, 0.1) is 12.7 Å². The maximum absolute atomic E-state index is 12.5. The van der Waals surface area contributed by atoms with Gasteiger partial charge in [-0.3, -0.25) is 9.67 Å². The number of hydrogen-bond donors (Lipinski definition) is 1. The Bertz CT molecular complexity index is 669. The first kappa shape index (κ1) is 15.6. The summed E-state index contributed by atoms with van der Waals surface area (Å²) in [6.07, 6.45) is 6.22. The highest BCUT2D eigenvalue weighted by atomic mass is 32.2. The zero-order valence-electron chi connectivity index (χ0n) is 12.1. The van der Waals surface area contributed by atoms with Crippen LogP contribution >= 0.6 is 0 Å². The molecule has 7 nitrogen and oxygen atoms in total. The van der Waals surface area contributed by atoms with Crippen LogP contribution in [0.3, 0.4) is 0 Å². The maximum Gasteiger partial charge on any atom is 0.246 e. The highest BCUT2D eigenvalue weighted by Crippen LogP contribution is 2.15. The van der Waals surface area contributed by atoms with Crippen molar-refractivity contribution in [2.75, 3.05) is 20.6 Å². The monoisotopic (exact) mass is 309 g/mol. The van der Waals surface area contributed by atoms with Crippen molar-refractivity contribution < 1.29 is 8.42 Å². The molecule has 0 atom stereocenters. The molecular formula is C13H19N5O2S. The number of aromatic nitrogens is 3. The van der Waals surface area contributed by atoms with Gasteiger partial charge in [0, 0.05) is 38.7 Å². The fraction of sp³-hybridized carbons (Fsp3) is 0.385. The van der Waals surface area contributed by atoms with Gasteiger partial charge in [-0.15, -0.1) is 0 Å². The fourth-order valence-corrected chi connectivity index (χ4v) is 2.95.